The number of benzene rings is 1. The molecule has 0 aromatic heterocycles. The van der Waals surface area contributed by atoms with Gasteiger partial charge in [0.15, 0.2) is 11.5 Å². The van der Waals surface area contributed by atoms with Crippen molar-refractivity contribution >= 4 is 46.3 Å². The van der Waals surface area contributed by atoms with Gasteiger partial charge in [-0.2, -0.15) is 0 Å². The van der Waals surface area contributed by atoms with Gasteiger partial charge in [-0.1, -0.05) is 30.0 Å². The monoisotopic (exact) mass is 379 g/mol. The van der Waals surface area contributed by atoms with Crippen LogP contribution in [0, 0.1) is 0 Å². The van der Waals surface area contributed by atoms with E-state index < -0.39 is 0 Å². The second kappa shape index (κ2) is 7.88. The lowest BCUT2D eigenvalue weighted by Gasteiger charge is -2.13. The van der Waals surface area contributed by atoms with Gasteiger partial charge in [0.2, 0.25) is 6.79 Å². The molecule has 0 spiro atoms. The molecular formula is C17H17NO5S2. The van der Waals surface area contributed by atoms with E-state index in [4.69, 9.17) is 26.4 Å². The van der Waals surface area contributed by atoms with E-state index in [2.05, 4.69) is 0 Å². The van der Waals surface area contributed by atoms with E-state index in [1.165, 1.54) is 16.7 Å². The van der Waals surface area contributed by atoms with Crippen molar-refractivity contribution in [1.29, 1.82) is 0 Å². The van der Waals surface area contributed by atoms with Gasteiger partial charge < -0.3 is 14.2 Å². The minimum absolute atomic E-state index is 0.142. The van der Waals surface area contributed by atoms with E-state index in [0.717, 1.165) is 5.56 Å². The Morgan fingerprint density at radius 1 is 1.40 bits per heavy atom. The van der Waals surface area contributed by atoms with Crippen molar-refractivity contribution in [1.82, 2.24) is 4.90 Å². The molecule has 0 atom stereocenters. The summed E-state index contributed by atoms with van der Waals surface area (Å²) in [6.07, 6.45) is 2.57. The number of thioether (sulfide) groups is 1. The maximum atomic E-state index is 12.5. The van der Waals surface area contributed by atoms with Crippen LogP contribution in [0.4, 0.5) is 0 Å². The van der Waals surface area contributed by atoms with E-state index in [-0.39, 0.29) is 25.1 Å². The molecule has 132 valence electrons. The first kappa shape index (κ1) is 17.8. The van der Waals surface area contributed by atoms with Gasteiger partial charge in [0.25, 0.3) is 5.91 Å². The Morgan fingerprint density at radius 3 is 3.00 bits per heavy atom. The van der Waals surface area contributed by atoms with E-state index in [0.29, 0.717) is 40.3 Å². The van der Waals surface area contributed by atoms with E-state index in [9.17, 15) is 9.59 Å². The number of hydrogen-bond donors (Lipinski definition) is 0. The average molecular weight is 379 g/mol. The van der Waals surface area contributed by atoms with Gasteiger partial charge in [-0.15, -0.1) is 0 Å². The van der Waals surface area contributed by atoms with Crippen LogP contribution in [-0.4, -0.2) is 41.0 Å². The molecule has 0 bridgehead atoms. The van der Waals surface area contributed by atoms with E-state index in [1.807, 2.05) is 18.2 Å². The van der Waals surface area contributed by atoms with Crippen molar-refractivity contribution in [3.63, 3.8) is 0 Å². The highest BCUT2D eigenvalue weighted by Crippen LogP contribution is 2.36. The Bertz CT molecular complexity index is 747. The number of fused-ring (bicyclic) bond motifs is 1. The predicted molar refractivity (Wildman–Crippen MR) is 98.3 cm³/mol. The summed E-state index contributed by atoms with van der Waals surface area (Å²) in [6, 6.07) is 5.50. The van der Waals surface area contributed by atoms with Gasteiger partial charge in [0.1, 0.15) is 4.32 Å². The fraction of sp³-hybridized carbons (Fsp3) is 0.353. The fourth-order valence-electron chi connectivity index (χ4n) is 2.46. The first-order valence-corrected chi connectivity index (χ1v) is 9.11. The van der Waals surface area contributed by atoms with Gasteiger partial charge in [-0.3, -0.25) is 14.5 Å². The molecule has 0 aliphatic carbocycles. The summed E-state index contributed by atoms with van der Waals surface area (Å²) < 4.78 is 16.0. The van der Waals surface area contributed by atoms with Gasteiger partial charge in [0, 0.05) is 13.0 Å². The highest BCUT2D eigenvalue weighted by molar-refractivity contribution is 8.26. The molecule has 1 fully saturated rings. The van der Waals surface area contributed by atoms with Crippen LogP contribution in [0.5, 0.6) is 11.5 Å². The van der Waals surface area contributed by atoms with Crippen molar-refractivity contribution in [3.05, 3.63) is 28.7 Å². The van der Waals surface area contributed by atoms with Crippen molar-refractivity contribution in [2.45, 2.75) is 19.8 Å². The molecule has 2 heterocycles. The zero-order valence-electron chi connectivity index (χ0n) is 13.6. The molecule has 25 heavy (non-hydrogen) atoms. The Kier molecular flexibility index (Phi) is 5.60. The molecule has 2 aliphatic heterocycles. The third-order valence-electron chi connectivity index (χ3n) is 3.64. The van der Waals surface area contributed by atoms with Crippen molar-refractivity contribution in [2.24, 2.45) is 0 Å². The lowest BCUT2D eigenvalue weighted by molar-refractivity contribution is -0.143. The van der Waals surface area contributed by atoms with Crippen LogP contribution < -0.4 is 9.47 Å². The fourth-order valence-corrected chi connectivity index (χ4v) is 3.77. The molecule has 1 amide bonds. The number of carbonyl (C=O) groups is 2. The van der Waals surface area contributed by atoms with Crippen molar-refractivity contribution in [3.8, 4) is 11.5 Å². The topological polar surface area (TPSA) is 65.1 Å². The first-order valence-electron chi connectivity index (χ1n) is 7.89. The summed E-state index contributed by atoms with van der Waals surface area (Å²) in [5, 5.41) is 0. The van der Waals surface area contributed by atoms with Gasteiger partial charge in [-0.05, 0) is 37.1 Å². The average Bonchev–Trinajstić information content (AvgIpc) is 3.14. The zero-order valence-corrected chi connectivity index (χ0v) is 15.3. The number of nitrogens with zero attached hydrogens (tertiary/aromatic N) is 1. The lowest BCUT2D eigenvalue weighted by Crippen LogP contribution is -2.29. The number of thiocarbonyl (C=S) groups is 1. The Labute approximate surface area is 155 Å². The number of carbonyl (C=O) groups excluding carboxylic acids is 2. The molecule has 2 aliphatic rings. The van der Waals surface area contributed by atoms with E-state index >= 15 is 0 Å². The molecule has 1 aromatic rings. The van der Waals surface area contributed by atoms with Crippen LogP contribution in [-0.2, 0) is 14.3 Å². The zero-order chi connectivity index (χ0) is 17.8. The van der Waals surface area contributed by atoms with Gasteiger partial charge in [0.05, 0.1) is 11.5 Å². The smallest absolute Gasteiger partial charge is 0.305 e. The maximum Gasteiger partial charge on any atom is 0.305 e. The summed E-state index contributed by atoms with van der Waals surface area (Å²) in [5.41, 5.74) is 0.844. The van der Waals surface area contributed by atoms with E-state index in [1.54, 1.807) is 13.0 Å². The second-order valence-electron chi connectivity index (χ2n) is 5.35. The highest BCUT2D eigenvalue weighted by atomic mass is 32.2. The number of hydrogen-bond acceptors (Lipinski definition) is 7. The lowest BCUT2D eigenvalue weighted by atomic mass is 10.2. The van der Waals surface area contributed by atoms with Crippen molar-refractivity contribution < 1.29 is 23.8 Å². The minimum atomic E-state index is -0.260. The Hall–Kier alpha value is -2.06. The summed E-state index contributed by atoms with van der Waals surface area (Å²) in [5.74, 6) is 0.961. The Morgan fingerprint density at radius 2 is 2.20 bits per heavy atom. The summed E-state index contributed by atoms with van der Waals surface area (Å²) in [7, 11) is 0. The molecule has 0 radical (unpaired) electrons. The first-order chi connectivity index (χ1) is 12.1. The highest BCUT2D eigenvalue weighted by Gasteiger charge is 2.31. The molecule has 1 aromatic carbocycles. The standard InChI is InChI=1S/C17H17NO5S2/c1-2-21-15(19)4-3-7-18-16(20)14(25-17(18)24)9-11-5-6-12-13(8-11)23-10-22-12/h5-6,8-9H,2-4,7,10H2,1H3/b14-9-. The summed E-state index contributed by atoms with van der Waals surface area (Å²) in [6.45, 7) is 2.74. The number of esters is 1. The molecule has 1 saturated heterocycles. The van der Waals surface area contributed by atoms with Crippen LogP contribution in [0.2, 0.25) is 0 Å². The quantitative estimate of drug-likeness (QED) is 0.428. The maximum absolute atomic E-state index is 12.5. The van der Waals surface area contributed by atoms with Crippen molar-refractivity contribution in [2.75, 3.05) is 19.9 Å². The molecule has 8 heteroatoms. The SMILES string of the molecule is CCOC(=O)CCCN1C(=O)/C(=C/c2ccc3c(c2)OCO3)SC1=S. The normalized spacial score (nSPS) is 17.5. The number of rotatable bonds is 6. The molecule has 0 saturated carbocycles. The van der Waals surface area contributed by atoms with Crippen LogP contribution in [0.1, 0.15) is 25.3 Å². The molecular weight excluding hydrogens is 362 g/mol. The van der Waals surface area contributed by atoms with Crippen LogP contribution in [0.3, 0.4) is 0 Å². The van der Waals surface area contributed by atoms with Crippen LogP contribution in [0.15, 0.2) is 23.1 Å². The van der Waals surface area contributed by atoms with Gasteiger partial charge in [-0.25, -0.2) is 0 Å². The molecule has 0 unspecified atom stereocenters. The molecule has 6 nitrogen and oxygen atoms in total. The second-order valence-corrected chi connectivity index (χ2v) is 7.03. The van der Waals surface area contributed by atoms with Crippen LogP contribution >= 0.6 is 24.0 Å². The van der Waals surface area contributed by atoms with Gasteiger partial charge >= 0.3 is 5.97 Å². The summed E-state index contributed by atoms with van der Waals surface area (Å²) >= 11 is 6.55. The molecule has 3 rings (SSSR count). The van der Waals surface area contributed by atoms with Crippen LogP contribution in [0.25, 0.3) is 6.08 Å². The Balaban J connectivity index is 1.63. The predicted octanol–water partition coefficient (Wildman–Crippen LogP) is 2.96. The summed E-state index contributed by atoms with van der Waals surface area (Å²) in [4.78, 5) is 26.0. The largest absolute Gasteiger partial charge is 0.466 e. The third-order valence-corrected chi connectivity index (χ3v) is 5.01. The number of amides is 1. The minimum Gasteiger partial charge on any atom is -0.466 e. The number of ether oxygens (including phenoxy) is 3. The third kappa shape index (κ3) is 4.13. The molecule has 0 N–H and O–H groups in total.